The number of hydrogen-bond acceptors (Lipinski definition) is 5. The van der Waals surface area contributed by atoms with Crippen LogP contribution >= 0.6 is 0 Å². The summed E-state index contributed by atoms with van der Waals surface area (Å²) < 4.78 is 1.86. The van der Waals surface area contributed by atoms with Crippen LogP contribution < -0.4 is 16.2 Å². The van der Waals surface area contributed by atoms with Crippen molar-refractivity contribution in [3.8, 4) is 0 Å². The minimum absolute atomic E-state index is 0.0192. The number of hydrogen-bond donors (Lipinski definition) is 2. The largest absolute Gasteiger partial charge is 0.328 e. The molecule has 3 aliphatic heterocycles. The van der Waals surface area contributed by atoms with E-state index in [0.717, 1.165) is 17.7 Å². The van der Waals surface area contributed by atoms with Crippen LogP contribution in [0.5, 0.6) is 0 Å². The predicted octanol–water partition coefficient (Wildman–Crippen LogP) is 0.862. The van der Waals surface area contributed by atoms with Gasteiger partial charge >= 0.3 is 6.03 Å². The molecule has 2 N–H and O–H groups in total. The van der Waals surface area contributed by atoms with E-state index < -0.39 is 23.3 Å². The molecule has 2 saturated heterocycles. The normalized spacial score (nSPS) is 24.8. The molecule has 5 rings (SSSR count). The molecule has 4 amide bonds. The maximum Gasteiger partial charge on any atom is 0.328 e. The zero-order chi connectivity index (χ0) is 21.6. The maximum absolute atomic E-state index is 13.0. The number of imide groups is 2. The van der Waals surface area contributed by atoms with Crippen LogP contribution in [0.1, 0.15) is 23.6 Å². The first-order valence-electron chi connectivity index (χ1n) is 10.6. The van der Waals surface area contributed by atoms with Crippen LogP contribution in [0.2, 0.25) is 0 Å². The van der Waals surface area contributed by atoms with Gasteiger partial charge in [0.2, 0.25) is 11.8 Å². The number of rotatable bonds is 4. The number of aromatic nitrogens is 1. The van der Waals surface area contributed by atoms with Crippen LogP contribution in [0.25, 0.3) is 0 Å². The number of pyridine rings is 1. The quantitative estimate of drug-likeness (QED) is 0.715. The number of carbonyl (C=O) groups excluding carboxylic acids is 3. The van der Waals surface area contributed by atoms with Gasteiger partial charge in [0.1, 0.15) is 5.41 Å². The number of likely N-dealkylation sites (tertiary alicyclic amines) is 1. The van der Waals surface area contributed by atoms with Crippen molar-refractivity contribution in [2.45, 2.75) is 25.3 Å². The Bertz CT molecular complexity index is 1090. The minimum atomic E-state index is -1.39. The van der Waals surface area contributed by atoms with Gasteiger partial charge in [-0.1, -0.05) is 36.4 Å². The fraction of sp³-hybridized carbons (Fsp3) is 0.391. The maximum atomic E-state index is 13.0. The van der Waals surface area contributed by atoms with Crippen LogP contribution in [0.4, 0.5) is 4.79 Å². The van der Waals surface area contributed by atoms with E-state index in [1.165, 1.54) is 0 Å². The molecule has 0 unspecified atom stereocenters. The van der Waals surface area contributed by atoms with Crippen LogP contribution in [0, 0.1) is 11.3 Å². The number of nitrogens with zero attached hydrogens (tertiary/aromatic N) is 2. The number of piperidine rings is 1. The first-order valence-corrected chi connectivity index (χ1v) is 10.6. The van der Waals surface area contributed by atoms with Crippen molar-refractivity contribution in [3.63, 3.8) is 0 Å². The first-order chi connectivity index (χ1) is 14.9. The van der Waals surface area contributed by atoms with Crippen LogP contribution in [-0.4, -0.2) is 46.9 Å². The summed E-state index contributed by atoms with van der Waals surface area (Å²) in [5, 5.41) is 4.60. The number of amides is 4. The van der Waals surface area contributed by atoms with Gasteiger partial charge in [0.25, 0.3) is 5.56 Å². The van der Waals surface area contributed by atoms with Crippen molar-refractivity contribution >= 4 is 17.8 Å². The van der Waals surface area contributed by atoms with Crippen molar-refractivity contribution < 1.29 is 14.4 Å². The number of urea groups is 1. The molecule has 0 aliphatic carbocycles. The molecule has 160 valence electrons. The lowest BCUT2D eigenvalue weighted by molar-refractivity contribution is -0.146. The Morgan fingerprint density at radius 1 is 0.871 bits per heavy atom. The molecule has 4 heterocycles. The molecule has 0 saturated carbocycles. The number of carbonyl (C=O) groups is 3. The molecule has 2 bridgehead atoms. The Hall–Kier alpha value is -3.26. The van der Waals surface area contributed by atoms with Gasteiger partial charge in [-0.2, -0.15) is 0 Å². The second-order valence-corrected chi connectivity index (χ2v) is 8.87. The molecular weight excluding hydrogens is 396 g/mol. The van der Waals surface area contributed by atoms with E-state index in [2.05, 4.69) is 15.5 Å². The van der Waals surface area contributed by atoms with Crippen molar-refractivity contribution in [1.29, 1.82) is 0 Å². The molecule has 3 aliphatic rings. The van der Waals surface area contributed by atoms with Gasteiger partial charge in [0.05, 0.1) is 0 Å². The Labute approximate surface area is 179 Å². The Morgan fingerprint density at radius 3 is 2.35 bits per heavy atom. The molecule has 1 aromatic heterocycles. The monoisotopic (exact) mass is 420 g/mol. The van der Waals surface area contributed by atoms with E-state index >= 15 is 0 Å². The van der Waals surface area contributed by atoms with E-state index in [9.17, 15) is 19.2 Å². The standard InChI is InChI=1S/C23H24N4O4/c28-19-8-4-7-18-17-9-16(12-27(18)19)11-26(13-17)14-23(10-15-5-2-1-3-6-15)20(29)24-22(31)25-21(23)30/h1-8,16-17H,9-14H2,(H2,24,25,29,30,31)/t16-,17+/m1/s1. The average molecular weight is 420 g/mol. The molecule has 2 atom stereocenters. The molecular formula is C23H24N4O4. The zero-order valence-electron chi connectivity index (χ0n) is 17.0. The van der Waals surface area contributed by atoms with Crippen molar-refractivity contribution in [2.24, 2.45) is 11.3 Å². The summed E-state index contributed by atoms with van der Waals surface area (Å²) in [6.45, 7) is 2.22. The summed E-state index contributed by atoms with van der Waals surface area (Å²) in [6.07, 6.45) is 1.20. The summed E-state index contributed by atoms with van der Waals surface area (Å²) >= 11 is 0. The third kappa shape index (κ3) is 3.46. The van der Waals surface area contributed by atoms with Gasteiger partial charge < -0.3 is 9.47 Å². The van der Waals surface area contributed by atoms with Crippen molar-refractivity contribution in [3.05, 3.63) is 70.1 Å². The Balaban J connectivity index is 1.45. The SMILES string of the molecule is O=C1NC(=O)C(Cc2ccccc2)(CN2C[C@H]3C[C@@H](C2)c2cccc(=O)n2C3)C(=O)N1. The van der Waals surface area contributed by atoms with Crippen LogP contribution in [0.15, 0.2) is 53.3 Å². The van der Waals surface area contributed by atoms with Gasteiger partial charge in [-0.25, -0.2) is 4.79 Å². The molecule has 2 aromatic rings. The molecule has 1 aromatic carbocycles. The minimum Gasteiger partial charge on any atom is -0.312 e. The molecule has 8 nitrogen and oxygen atoms in total. The van der Waals surface area contributed by atoms with Gasteiger partial charge in [-0.15, -0.1) is 0 Å². The van der Waals surface area contributed by atoms with Gasteiger partial charge in [-0.05, 0) is 30.4 Å². The molecule has 0 radical (unpaired) electrons. The number of fused-ring (bicyclic) bond motifs is 4. The van der Waals surface area contributed by atoms with E-state index in [1.54, 1.807) is 12.1 Å². The molecule has 31 heavy (non-hydrogen) atoms. The van der Waals surface area contributed by atoms with E-state index in [-0.39, 0.29) is 30.4 Å². The molecule has 0 spiro atoms. The highest BCUT2D eigenvalue weighted by atomic mass is 16.2. The van der Waals surface area contributed by atoms with E-state index in [4.69, 9.17) is 0 Å². The number of nitrogens with one attached hydrogen (secondary N) is 2. The zero-order valence-corrected chi connectivity index (χ0v) is 17.0. The topological polar surface area (TPSA) is 101 Å². The molecule has 8 heteroatoms. The lowest BCUT2D eigenvalue weighted by atomic mass is 9.76. The second kappa shape index (κ2) is 7.46. The van der Waals surface area contributed by atoms with Gasteiger partial charge in [0, 0.05) is 43.9 Å². The Morgan fingerprint density at radius 2 is 1.61 bits per heavy atom. The lowest BCUT2D eigenvalue weighted by Gasteiger charge is -2.46. The number of benzene rings is 1. The number of barbiturate groups is 1. The van der Waals surface area contributed by atoms with Crippen molar-refractivity contribution in [2.75, 3.05) is 19.6 Å². The molecule has 2 fully saturated rings. The second-order valence-electron chi connectivity index (χ2n) is 8.87. The smallest absolute Gasteiger partial charge is 0.312 e. The summed E-state index contributed by atoms with van der Waals surface area (Å²) in [5.41, 5.74) is 0.498. The average Bonchev–Trinajstić information content (AvgIpc) is 2.73. The highest BCUT2D eigenvalue weighted by Crippen LogP contribution is 2.37. The van der Waals surface area contributed by atoms with Crippen LogP contribution in [-0.2, 0) is 22.6 Å². The Kier molecular flexibility index (Phi) is 4.74. The fourth-order valence-electron chi connectivity index (χ4n) is 5.39. The lowest BCUT2D eigenvalue weighted by Crippen LogP contribution is -2.67. The first kappa shape index (κ1) is 19.7. The van der Waals surface area contributed by atoms with E-state index in [0.29, 0.717) is 19.6 Å². The summed E-state index contributed by atoms with van der Waals surface area (Å²) in [4.78, 5) is 52.2. The predicted molar refractivity (Wildman–Crippen MR) is 112 cm³/mol. The van der Waals surface area contributed by atoms with Gasteiger partial charge in [0.15, 0.2) is 0 Å². The van der Waals surface area contributed by atoms with Crippen molar-refractivity contribution in [1.82, 2.24) is 20.1 Å². The van der Waals surface area contributed by atoms with E-state index in [1.807, 2.05) is 41.0 Å². The summed E-state index contributed by atoms with van der Waals surface area (Å²) in [5.74, 6) is -0.669. The fourth-order valence-corrected chi connectivity index (χ4v) is 5.39. The highest BCUT2D eigenvalue weighted by Gasteiger charge is 2.52. The summed E-state index contributed by atoms with van der Waals surface area (Å²) in [7, 11) is 0. The highest BCUT2D eigenvalue weighted by molar-refractivity contribution is 6.19. The van der Waals surface area contributed by atoms with Gasteiger partial charge in [-0.3, -0.25) is 25.0 Å². The third-order valence-electron chi connectivity index (χ3n) is 6.72. The third-order valence-corrected chi connectivity index (χ3v) is 6.72. The van der Waals surface area contributed by atoms with Crippen LogP contribution in [0.3, 0.4) is 0 Å². The summed E-state index contributed by atoms with van der Waals surface area (Å²) in [6, 6.07) is 14.0.